The summed E-state index contributed by atoms with van der Waals surface area (Å²) in [4.78, 5) is 27.6. The van der Waals surface area contributed by atoms with E-state index in [0.717, 1.165) is 23.3 Å². The molecule has 5 nitrogen and oxygen atoms in total. The number of carbonyl (C=O) groups is 2. The quantitative estimate of drug-likeness (QED) is 0.625. The topological polar surface area (TPSA) is 58.6 Å². The van der Waals surface area contributed by atoms with Crippen molar-refractivity contribution in [3.63, 3.8) is 0 Å². The first kappa shape index (κ1) is 22.5. The highest BCUT2D eigenvalue weighted by Gasteiger charge is 2.28. The zero-order chi connectivity index (χ0) is 21.1. The number of ether oxygens (including phenoxy) is 1. The number of carbonyl (C=O) groups excluding carboxylic acids is 2. The Morgan fingerprint density at radius 1 is 1.03 bits per heavy atom. The minimum absolute atomic E-state index is 0.0184. The average Bonchev–Trinajstić information content (AvgIpc) is 2.76. The summed E-state index contributed by atoms with van der Waals surface area (Å²) < 4.78 is 5.31. The highest BCUT2D eigenvalue weighted by Crippen LogP contribution is 2.18. The van der Waals surface area contributed by atoms with Crippen molar-refractivity contribution in [1.82, 2.24) is 10.2 Å². The molecule has 5 heteroatoms. The highest BCUT2D eigenvalue weighted by molar-refractivity contribution is 5.87. The van der Waals surface area contributed by atoms with Crippen LogP contribution in [0.2, 0.25) is 0 Å². The SMILES string of the molecule is CCCNC(=O)C(CC)N(Cc1cccc(OC)c1)C(=O)CCc1ccccc1. The van der Waals surface area contributed by atoms with Gasteiger partial charge in [0.1, 0.15) is 11.8 Å². The third kappa shape index (κ3) is 6.93. The molecule has 1 N–H and O–H groups in total. The Bertz CT molecular complexity index is 777. The van der Waals surface area contributed by atoms with Crippen LogP contribution in [0.3, 0.4) is 0 Å². The summed E-state index contributed by atoms with van der Waals surface area (Å²) in [6.45, 7) is 4.95. The standard InChI is InChI=1S/C24H32N2O3/c1-4-16-25-24(28)22(5-2)26(18-20-12-9-13-21(17-20)29-3)23(27)15-14-19-10-7-6-8-11-19/h6-13,17,22H,4-5,14-16,18H2,1-3H3,(H,25,28). The summed E-state index contributed by atoms with van der Waals surface area (Å²) in [5.74, 6) is 0.628. The second kappa shape index (κ2) is 11.9. The average molecular weight is 397 g/mol. The second-order valence-corrected chi connectivity index (χ2v) is 7.07. The molecule has 0 aromatic heterocycles. The number of nitrogens with zero attached hydrogens (tertiary/aromatic N) is 1. The minimum Gasteiger partial charge on any atom is -0.497 e. The summed E-state index contributed by atoms with van der Waals surface area (Å²) in [5.41, 5.74) is 2.06. The van der Waals surface area contributed by atoms with Crippen LogP contribution in [0, 0.1) is 0 Å². The van der Waals surface area contributed by atoms with Crippen LogP contribution in [0.4, 0.5) is 0 Å². The number of benzene rings is 2. The predicted molar refractivity (Wildman–Crippen MR) is 116 cm³/mol. The number of nitrogens with one attached hydrogen (secondary N) is 1. The maximum Gasteiger partial charge on any atom is 0.242 e. The van der Waals surface area contributed by atoms with Crippen molar-refractivity contribution in [2.24, 2.45) is 0 Å². The number of hydrogen-bond donors (Lipinski definition) is 1. The zero-order valence-electron chi connectivity index (χ0n) is 17.7. The molecule has 0 aliphatic carbocycles. The molecule has 0 saturated heterocycles. The normalized spacial score (nSPS) is 11.6. The van der Waals surface area contributed by atoms with Gasteiger partial charge >= 0.3 is 0 Å². The van der Waals surface area contributed by atoms with E-state index in [1.165, 1.54) is 0 Å². The fourth-order valence-electron chi connectivity index (χ4n) is 3.29. The molecular weight excluding hydrogens is 364 g/mol. The van der Waals surface area contributed by atoms with E-state index in [1.54, 1.807) is 12.0 Å². The molecule has 29 heavy (non-hydrogen) atoms. The lowest BCUT2D eigenvalue weighted by Gasteiger charge is -2.31. The molecule has 2 amide bonds. The van der Waals surface area contributed by atoms with Gasteiger partial charge in [0, 0.05) is 19.5 Å². The Labute approximate surface area is 174 Å². The lowest BCUT2D eigenvalue weighted by molar-refractivity contribution is -0.141. The molecule has 0 bridgehead atoms. The van der Waals surface area contributed by atoms with Crippen LogP contribution in [-0.4, -0.2) is 36.4 Å². The smallest absolute Gasteiger partial charge is 0.242 e. The predicted octanol–water partition coefficient (Wildman–Crippen LogP) is 3.96. The molecule has 0 radical (unpaired) electrons. The first-order valence-electron chi connectivity index (χ1n) is 10.3. The highest BCUT2D eigenvalue weighted by atomic mass is 16.5. The molecule has 2 aromatic rings. The third-order valence-electron chi connectivity index (χ3n) is 4.89. The molecule has 0 fully saturated rings. The summed E-state index contributed by atoms with van der Waals surface area (Å²) in [5, 5.41) is 2.94. The zero-order valence-corrected chi connectivity index (χ0v) is 17.7. The third-order valence-corrected chi connectivity index (χ3v) is 4.89. The molecule has 1 atom stereocenters. The Morgan fingerprint density at radius 3 is 2.41 bits per heavy atom. The van der Waals surface area contributed by atoms with Gasteiger partial charge in [-0.2, -0.15) is 0 Å². The molecular formula is C24H32N2O3. The second-order valence-electron chi connectivity index (χ2n) is 7.07. The molecule has 0 aliphatic rings. The van der Waals surface area contributed by atoms with Gasteiger partial charge in [-0.25, -0.2) is 0 Å². The van der Waals surface area contributed by atoms with E-state index in [0.29, 0.717) is 32.4 Å². The Hall–Kier alpha value is -2.82. The van der Waals surface area contributed by atoms with E-state index >= 15 is 0 Å². The fraction of sp³-hybridized carbons (Fsp3) is 0.417. The van der Waals surface area contributed by atoms with Crippen LogP contribution >= 0.6 is 0 Å². The monoisotopic (exact) mass is 396 g/mol. The summed E-state index contributed by atoms with van der Waals surface area (Å²) >= 11 is 0. The van der Waals surface area contributed by atoms with Crippen molar-refractivity contribution in [1.29, 1.82) is 0 Å². The van der Waals surface area contributed by atoms with Gasteiger partial charge in [-0.15, -0.1) is 0 Å². The van der Waals surface area contributed by atoms with Crippen molar-refractivity contribution >= 4 is 11.8 Å². The molecule has 1 unspecified atom stereocenters. The summed E-state index contributed by atoms with van der Waals surface area (Å²) in [7, 11) is 1.62. The van der Waals surface area contributed by atoms with Gasteiger partial charge in [0.2, 0.25) is 11.8 Å². The van der Waals surface area contributed by atoms with Crippen molar-refractivity contribution in [3.05, 3.63) is 65.7 Å². The Balaban J connectivity index is 2.19. The van der Waals surface area contributed by atoms with E-state index in [2.05, 4.69) is 5.32 Å². The van der Waals surface area contributed by atoms with E-state index in [9.17, 15) is 9.59 Å². The number of hydrogen-bond acceptors (Lipinski definition) is 3. The van der Waals surface area contributed by atoms with E-state index < -0.39 is 6.04 Å². The van der Waals surface area contributed by atoms with Gasteiger partial charge in [-0.3, -0.25) is 9.59 Å². The van der Waals surface area contributed by atoms with Crippen LogP contribution in [0.25, 0.3) is 0 Å². The van der Waals surface area contributed by atoms with Gasteiger partial charge in [0.25, 0.3) is 0 Å². The van der Waals surface area contributed by atoms with Crippen molar-refractivity contribution in [2.45, 2.75) is 52.1 Å². The molecule has 2 aromatic carbocycles. The van der Waals surface area contributed by atoms with Gasteiger partial charge in [-0.05, 0) is 42.5 Å². The molecule has 0 spiro atoms. The maximum atomic E-state index is 13.2. The molecule has 0 saturated carbocycles. The minimum atomic E-state index is -0.490. The van der Waals surface area contributed by atoms with Crippen molar-refractivity contribution in [2.75, 3.05) is 13.7 Å². The van der Waals surface area contributed by atoms with Gasteiger partial charge < -0.3 is 15.0 Å². The van der Waals surface area contributed by atoms with Crippen LogP contribution < -0.4 is 10.1 Å². The lowest BCUT2D eigenvalue weighted by Crippen LogP contribution is -2.49. The summed E-state index contributed by atoms with van der Waals surface area (Å²) in [6.07, 6.45) is 2.45. The van der Waals surface area contributed by atoms with E-state index in [1.807, 2.05) is 68.4 Å². The first-order valence-corrected chi connectivity index (χ1v) is 10.3. The van der Waals surface area contributed by atoms with Crippen LogP contribution in [-0.2, 0) is 22.6 Å². The van der Waals surface area contributed by atoms with Crippen LogP contribution in [0.1, 0.15) is 44.2 Å². The summed E-state index contributed by atoms with van der Waals surface area (Å²) in [6, 6.07) is 17.1. The molecule has 156 valence electrons. The maximum absolute atomic E-state index is 13.2. The lowest BCUT2D eigenvalue weighted by atomic mass is 10.1. The Morgan fingerprint density at radius 2 is 1.76 bits per heavy atom. The van der Waals surface area contributed by atoms with Gasteiger partial charge in [0.05, 0.1) is 7.11 Å². The molecule has 2 rings (SSSR count). The molecule has 0 heterocycles. The van der Waals surface area contributed by atoms with Gasteiger partial charge in [-0.1, -0.05) is 56.3 Å². The van der Waals surface area contributed by atoms with Crippen LogP contribution in [0.5, 0.6) is 5.75 Å². The number of methoxy groups -OCH3 is 1. The Kier molecular flexibility index (Phi) is 9.22. The largest absolute Gasteiger partial charge is 0.497 e. The van der Waals surface area contributed by atoms with Gasteiger partial charge in [0.15, 0.2) is 0 Å². The van der Waals surface area contributed by atoms with Crippen molar-refractivity contribution in [3.8, 4) is 5.75 Å². The van der Waals surface area contributed by atoms with Crippen LogP contribution in [0.15, 0.2) is 54.6 Å². The number of aryl methyl sites for hydroxylation is 1. The van der Waals surface area contributed by atoms with E-state index in [-0.39, 0.29) is 11.8 Å². The fourth-order valence-corrected chi connectivity index (χ4v) is 3.29. The molecule has 0 aliphatic heterocycles. The van der Waals surface area contributed by atoms with Crippen molar-refractivity contribution < 1.29 is 14.3 Å². The number of rotatable bonds is 11. The first-order chi connectivity index (χ1) is 14.1. The number of amides is 2. The van der Waals surface area contributed by atoms with E-state index in [4.69, 9.17) is 4.74 Å².